The lowest BCUT2D eigenvalue weighted by Gasteiger charge is -2.15. The molecule has 1 heterocycles. The van der Waals surface area contributed by atoms with Crippen molar-refractivity contribution in [1.82, 2.24) is 0 Å². The molecule has 0 aromatic heterocycles. The van der Waals surface area contributed by atoms with E-state index in [1.54, 1.807) is 31.2 Å². The molecule has 2 amide bonds. The third-order valence-corrected chi connectivity index (χ3v) is 5.36. The lowest BCUT2D eigenvalue weighted by Crippen LogP contribution is -2.29. The van der Waals surface area contributed by atoms with Crippen molar-refractivity contribution in [2.24, 2.45) is 4.99 Å². The zero-order valence-electron chi connectivity index (χ0n) is 17.7. The molecular formula is C23H20N2O6S. The summed E-state index contributed by atoms with van der Waals surface area (Å²) in [6, 6.07) is 13.0. The number of nitrogens with zero attached hydrogens (tertiary/aromatic N) is 2. The van der Waals surface area contributed by atoms with Crippen LogP contribution in [0.25, 0.3) is 0 Å². The Hall–Kier alpha value is -3.72. The SMILES string of the molecule is CCOC(=O)c1ccc(N2C(=O)/C(=C/C(=O)OC)SC2=NC(=O)c2ccc(C)cc2)cc1. The highest BCUT2D eigenvalue weighted by atomic mass is 32.2. The first kappa shape index (κ1) is 23.0. The lowest BCUT2D eigenvalue weighted by atomic mass is 10.1. The van der Waals surface area contributed by atoms with Crippen LogP contribution in [0.3, 0.4) is 0 Å². The van der Waals surface area contributed by atoms with Crippen LogP contribution in [0.5, 0.6) is 0 Å². The van der Waals surface area contributed by atoms with Gasteiger partial charge >= 0.3 is 11.9 Å². The Morgan fingerprint density at radius 2 is 1.66 bits per heavy atom. The van der Waals surface area contributed by atoms with E-state index in [4.69, 9.17) is 4.74 Å². The van der Waals surface area contributed by atoms with E-state index in [1.165, 1.54) is 36.3 Å². The van der Waals surface area contributed by atoms with E-state index in [2.05, 4.69) is 9.73 Å². The number of amidine groups is 1. The molecule has 1 fully saturated rings. The molecule has 0 atom stereocenters. The molecule has 32 heavy (non-hydrogen) atoms. The minimum atomic E-state index is -0.704. The van der Waals surface area contributed by atoms with Crippen molar-refractivity contribution < 1.29 is 28.7 Å². The molecule has 1 aliphatic heterocycles. The molecule has 0 N–H and O–H groups in total. The third-order valence-electron chi connectivity index (χ3n) is 4.39. The molecule has 164 valence electrons. The Kier molecular flexibility index (Phi) is 7.21. The van der Waals surface area contributed by atoms with Crippen LogP contribution in [0.1, 0.15) is 33.2 Å². The zero-order valence-corrected chi connectivity index (χ0v) is 18.5. The number of thioether (sulfide) groups is 1. The van der Waals surface area contributed by atoms with Gasteiger partial charge in [0.05, 0.1) is 29.9 Å². The number of hydrogen-bond donors (Lipinski definition) is 0. The first-order valence-corrected chi connectivity index (χ1v) is 10.4. The Morgan fingerprint density at radius 3 is 2.25 bits per heavy atom. The molecule has 2 aromatic rings. The molecule has 0 bridgehead atoms. The molecular weight excluding hydrogens is 432 g/mol. The molecule has 0 unspecified atom stereocenters. The van der Waals surface area contributed by atoms with Gasteiger partial charge < -0.3 is 9.47 Å². The number of amides is 2. The first-order valence-electron chi connectivity index (χ1n) is 9.63. The summed E-state index contributed by atoms with van der Waals surface area (Å²) in [4.78, 5) is 54.6. The van der Waals surface area contributed by atoms with Crippen LogP contribution in [0.2, 0.25) is 0 Å². The van der Waals surface area contributed by atoms with Gasteiger partial charge in [-0.05, 0) is 62.0 Å². The quantitative estimate of drug-likeness (QED) is 0.505. The number of carbonyl (C=O) groups is 4. The molecule has 2 aromatic carbocycles. The lowest BCUT2D eigenvalue weighted by molar-refractivity contribution is -0.135. The van der Waals surface area contributed by atoms with Crippen LogP contribution in [0.15, 0.2) is 64.5 Å². The summed E-state index contributed by atoms with van der Waals surface area (Å²) in [5.41, 5.74) is 2.04. The van der Waals surface area contributed by atoms with Gasteiger partial charge in [0.1, 0.15) is 0 Å². The summed E-state index contributed by atoms with van der Waals surface area (Å²) >= 11 is 0.884. The predicted octanol–water partition coefficient (Wildman–Crippen LogP) is 3.50. The van der Waals surface area contributed by atoms with E-state index >= 15 is 0 Å². The van der Waals surface area contributed by atoms with Crippen LogP contribution in [0, 0.1) is 6.92 Å². The number of aliphatic imine (C=N–C) groups is 1. The highest BCUT2D eigenvalue weighted by Crippen LogP contribution is 2.35. The summed E-state index contributed by atoms with van der Waals surface area (Å²) in [7, 11) is 1.20. The van der Waals surface area contributed by atoms with Gasteiger partial charge in [0.25, 0.3) is 11.8 Å². The standard InChI is InChI=1S/C23H20N2O6S/c1-4-31-22(29)16-9-11-17(12-10-16)25-21(28)18(13-19(26)30-3)32-23(25)24-20(27)15-7-5-14(2)6-8-15/h5-13H,4H2,1-3H3/b18-13-,24-23?. The van der Waals surface area contributed by atoms with E-state index in [0.29, 0.717) is 16.8 Å². The topological polar surface area (TPSA) is 102 Å². The normalized spacial score (nSPS) is 15.8. The second kappa shape index (κ2) is 10.1. The molecule has 0 radical (unpaired) electrons. The Bertz CT molecular complexity index is 1120. The number of esters is 2. The van der Waals surface area contributed by atoms with E-state index in [-0.39, 0.29) is 16.7 Å². The Morgan fingerprint density at radius 1 is 1.03 bits per heavy atom. The molecule has 0 aliphatic carbocycles. The minimum Gasteiger partial charge on any atom is -0.466 e. The molecule has 1 aliphatic rings. The van der Waals surface area contributed by atoms with Crippen LogP contribution in [0.4, 0.5) is 5.69 Å². The molecule has 9 heteroatoms. The highest BCUT2D eigenvalue weighted by Gasteiger charge is 2.36. The first-order chi connectivity index (χ1) is 15.3. The average Bonchev–Trinajstić information content (AvgIpc) is 3.08. The van der Waals surface area contributed by atoms with Gasteiger partial charge in [-0.15, -0.1) is 0 Å². The molecule has 3 rings (SSSR count). The van der Waals surface area contributed by atoms with E-state index in [1.807, 2.05) is 6.92 Å². The highest BCUT2D eigenvalue weighted by molar-refractivity contribution is 8.19. The summed E-state index contributed by atoms with van der Waals surface area (Å²) in [6.07, 6.45) is 1.05. The fraction of sp³-hybridized carbons (Fsp3) is 0.174. The summed E-state index contributed by atoms with van der Waals surface area (Å²) in [5.74, 6) is -2.27. The molecule has 8 nitrogen and oxygen atoms in total. The number of benzene rings is 2. The maximum atomic E-state index is 13.0. The van der Waals surface area contributed by atoms with Crippen LogP contribution >= 0.6 is 11.8 Å². The van der Waals surface area contributed by atoms with Gasteiger partial charge in [-0.25, -0.2) is 9.59 Å². The van der Waals surface area contributed by atoms with Crippen molar-refractivity contribution in [3.05, 3.63) is 76.2 Å². The summed E-state index contributed by atoms with van der Waals surface area (Å²) < 4.78 is 9.57. The number of ether oxygens (including phenoxy) is 2. The summed E-state index contributed by atoms with van der Waals surface area (Å²) in [5, 5.41) is 0.0830. The molecule has 0 saturated carbocycles. The minimum absolute atomic E-state index is 0.0572. The third kappa shape index (κ3) is 5.12. The predicted molar refractivity (Wildman–Crippen MR) is 121 cm³/mol. The fourth-order valence-electron chi connectivity index (χ4n) is 2.75. The largest absolute Gasteiger partial charge is 0.466 e. The van der Waals surface area contributed by atoms with Crippen LogP contribution in [-0.2, 0) is 19.1 Å². The number of aryl methyl sites for hydroxylation is 1. The van der Waals surface area contributed by atoms with Crippen molar-refractivity contribution in [3.63, 3.8) is 0 Å². The second-order valence-corrected chi connectivity index (χ2v) is 7.62. The van der Waals surface area contributed by atoms with E-state index < -0.39 is 23.8 Å². The second-order valence-electron chi connectivity index (χ2n) is 6.61. The van der Waals surface area contributed by atoms with Crippen molar-refractivity contribution >= 4 is 46.4 Å². The van der Waals surface area contributed by atoms with Crippen molar-refractivity contribution in [2.75, 3.05) is 18.6 Å². The average molecular weight is 452 g/mol. The van der Waals surface area contributed by atoms with Crippen molar-refractivity contribution in [2.45, 2.75) is 13.8 Å². The van der Waals surface area contributed by atoms with Crippen molar-refractivity contribution in [3.8, 4) is 0 Å². The smallest absolute Gasteiger partial charge is 0.338 e. The number of hydrogen-bond acceptors (Lipinski definition) is 7. The molecule has 1 saturated heterocycles. The van der Waals surface area contributed by atoms with Gasteiger partial charge in [0, 0.05) is 11.6 Å². The molecule has 0 spiro atoms. The van der Waals surface area contributed by atoms with Gasteiger partial charge in [-0.2, -0.15) is 4.99 Å². The Labute approximate surface area is 188 Å². The van der Waals surface area contributed by atoms with E-state index in [9.17, 15) is 19.2 Å². The van der Waals surface area contributed by atoms with Gasteiger partial charge in [0.15, 0.2) is 5.17 Å². The Balaban J connectivity index is 1.99. The maximum absolute atomic E-state index is 13.0. The number of rotatable bonds is 5. The van der Waals surface area contributed by atoms with Crippen LogP contribution in [-0.4, -0.2) is 42.6 Å². The monoisotopic (exact) mass is 452 g/mol. The summed E-state index contributed by atoms with van der Waals surface area (Å²) in [6.45, 7) is 3.84. The maximum Gasteiger partial charge on any atom is 0.338 e. The van der Waals surface area contributed by atoms with Gasteiger partial charge in [-0.3, -0.25) is 14.5 Å². The van der Waals surface area contributed by atoms with E-state index in [0.717, 1.165) is 23.4 Å². The van der Waals surface area contributed by atoms with Gasteiger partial charge in [-0.1, -0.05) is 17.7 Å². The van der Waals surface area contributed by atoms with Gasteiger partial charge in [0.2, 0.25) is 0 Å². The van der Waals surface area contributed by atoms with Crippen LogP contribution < -0.4 is 4.90 Å². The van der Waals surface area contributed by atoms with Crippen molar-refractivity contribution in [1.29, 1.82) is 0 Å². The number of anilines is 1. The number of carbonyl (C=O) groups excluding carboxylic acids is 4. The fourth-order valence-corrected chi connectivity index (χ4v) is 3.69. The zero-order chi connectivity index (χ0) is 23.3. The number of methoxy groups -OCH3 is 1.